The lowest BCUT2D eigenvalue weighted by Gasteiger charge is -2.34. The summed E-state index contributed by atoms with van der Waals surface area (Å²) in [5.74, 6) is -1.38. The van der Waals surface area contributed by atoms with Crippen LogP contribution in [-0.2, 0) is 26.2 Å². The van der Waals surface area contributed by atoms with E-state index in [4.69, 9.17) is 0 Å². The van der Waals surface area contributed by atoms with Gasteiger partial charge in [-0.15, -0.1) is 0 Å². The first-order valence-corrected chi connectivity index (χ1v) is 14.5. The van der Waals surface area contributed by atoms with Gasteiger partial charge in [0.1, 0.15) is 18.4 Å². The Morgan fingerprint density at radius 2 is 1.51 bits per heavy atom. The van der Waals surface area contributed by atoms with Gasteiger partial charge in [0.05, 0.1) is 10.6 Å². The van der Waals surface area contributed by atoms with Crippen molar-refractivity contribution >= 4 is 27.5 Å². The van der Waals surface area contributed by atoms with Crippen LogP contribution < -0.4 is 9.62 Å². The summed E-state index contributed by atoms with van der Waals surface area (Å²) in [5, 5.41) is 2.96. The highest BCUT2D eigenvalue weighted by Gasteiger charge is 2.34. The van der Waals surface area contributed by atoms with E-state index >= 15 is 0 Å². The number of hydrogen-bond acceptors (Lipinski definition) is 4. The first-order chi connectivity index (χ1) is 18.6. The van der Waals surface area contributed by atoms with Crippen molar-refractivity contribution in [3.8, 4) is 0 Å². The van der Waals surface area contributed by atoms with Gasteiger partial charge in [0.15, 0.2) is 0 Å². The summed E-state index contributed by atoms with van der Waals surface area (Å²) < 4.78 is 42.1. The number of anilines is 1. The van der Waals surface area contributed by atoms with E-state index in [1.54, 1.807) is 18.2 Å². The van der Waals surface area contributed by atoms with Crippen LogP contribution in [0.5, 0.6) is 0 Å². The average Bonchev–Trinajstić information content (AvgIpc) is 2.93. The summed E-state index contributed by atoms with van der Waals surface area (Å²) in [6, 6.07) is 19.3. The predicted molar refractivity (Wildman–Crippen MR) is 151 cm³/mol. The highest BCUT2D eigenvalue weighted by molar-refractivity contribution is 7.92. The van der Waals surface area contributed by atoms with Crippen LogP contribution in [0.3, 0.4) is 0 Å². The Kier molecular flexibility index (Phi) is 10.2. The number of halogens is 1. The third-order valence-electron chi connectivity index (χ3n) is 6.71. The van der Waals surface area contributed by atoms with Gasteiger partial charge in [-0.3, -0.25) is 13.9 Å². The first kappa shape index (κ1) is 29.8. The lowest BCUT2D eigenvalue weighted by molar-refractivity contribution is -0.140. The lowest BCUT2D eigenvalue weighted by atomic mass is 10.1. The Morgan fingerprint density at radius 1 is 0.897 bits per heavy atom. The zero-order valence-corrected chi connectivity index (χ0v) is 23.6. The molecule has 7 nitrogen and oxygen atoms in total. The van der Waals surface area contributed by atoms with Crippen LogP contribution in [-0.4, -0.2) is 43.8 Å². The number of rotatable bonds is 12. The fraction of sp³-hybridized carbons (Fsp3) is 0.333. The largest absolute Gasteiger partial charge is 0.352 e. The third-order valence-corrected chi connectivity index (χ3v) is 8.50. The monoisotopic (exact) mass is 553 g/mol. The fourth-order valence-corrected chi connectivity index (χ4v) is 5.62. The second-order valence-corrected chi connectivity index (χ2v) is 11.4. The summed E-state index contributed by atoms with van der Waals surface area (Å²) in [5.41, 5.74) is 1.93. The Hall–Kier alpha value is -3.72. The minimum atomic E-state index is -4.19. The zero-order valence-electron chi connectivity index (χ0n) is 22.8. The van der Waals surface area contributed by atoms with E-state index in [0.29, 0.717) is 6.42 Å². The van der Waals surface area contributed by atoms with Crippen molar-refractivity contribution in [2.24, 2.45) is 0 Å². The second-order valence-electron chi connectivity index (χ2n) is 9.49. The molecule has 9 heteroatoms. The molecular formula is C30H36FN3O4S. The van der Waals surface area contributed by atoms with Crippen LogP contribution in [0, 0.1) is 12.7 Å². The van der Waals surface area contributed by atoms with Gasteiger partial charge in [0.2, 0.25) is 11.8 Å². The second kappa shape index (κ2) is 13.4. The lowest BCUT2D eigenvalue weighted by Crippen LogP contribution is -2.53. The summed E-state index contributed by atoms with van der Waals surface area (Å²) >= 11 is 0. The van der Waals surface area contributed by atoms with Gasteiger partial charge in [-0.25, -0.2) is 12.8 Å². The van der Waals surface area contributed by atoms with Crippen molar-refractivity contribution < 1.29 is 22.4 Å². The number of carbonyl (C=O) groups excluding carboxylic acids is 2. The van der Waals surface area contributed by atoms with Gasteiger partial charge >= 0.3 is 0 Å². The van der Waals surface area contributed by atoms with Crippen molar-refractivity contribution in [1.82, 2.24) is 10.2 Å². The maximum atomic E-state index is 14.0. The Labute approximate surface area is 230 Å². The maximum Gasteiger partial charge on any atom is 0.264 e. The maximum absolute atomic E-state index is 14.0. The molecule has 3 aromatic carbocycles. The molecule has 0 aliphatic rings. The Morgan fingerprint density at radius 3 is 2.10 bits per heavy atom. The van der Waals surface area contributed by atoms with Crippen molar-refractivity contribution in [2.75, 3.05) is 10.8 Å². The van der Waals surface area contributed by atoms with E-state index < -0.39 is 34.3 Å². The van der Waals surface area contributed by atoms with Crippen LogP contribution in [0.25, 0.3) is 0 Å². The number of nitrogens with one attached hydrogen (secondary N) is 1. The molecule has 0 saturated heterocycles. The molecule has 3 aromatic rings. The molecular weight excluding hydrogens is 517 g/mol. The molecule has 0 fully saturated rings. The molecule has 0 aliphatic carbocycles. The highest BCUT2D eigenvalue weighted by atomic mass is 32.2. The number of sulfonamides is 1. The van der Waals surface area contributed by atoms with Crippen molar-refractivity contribution in [1.29, 1.82) is 0 Å². The molecule has 0 aromatic heterocycles. The van der Waals surface area contributed by atoms with E-state index in [1.165, 1.54) is 29.2 Å². The van der Waals surface area contributed by atoms with Gasteiger partial charge < -0.3 is 10.2 Å². The molecule has 0 saturated carbocycles. The molecule has 39 heavy (non-hydrogen) atoms. The van der Waals surface area contributed by atoms with Crippen molar-refractivity contribution in [3.05, 3.63) is 95.8 Å². The number of aryl methyl sites for hydroxylation is 1. The number of benzene rings is 3. The smallest absolute Gasteiger partial charge is 0.264 e. The van der Waals surface area contributed by atoms with Gasteiger partial charge in [-0.2, -0.15) is 0 Å². The molecule has 2 atom stereocenters. The normalized spacial score (nSPS) is 12.8. The summed E-state index contributed by atoms with van der Waals surface area (Å²) in [6.45, 7) is 7.14. The van der Waals surface area contributed by atoms with Gasteiger partial charge in [-0.05, 0) is 74.2 Å². The summed E-state index contributed by atoms with van der Waals surface area (Å²) in [7, 11) is -4.19. The third kappa shape index (κ3) is 7.44. The van der Waals surface area contributed by atoms with Gasteiger partial charge in [0, 0.05) is 12.6 Å². The summed E-state index contributed by atoms with van der Waals surface area (Å²) in [6.07, 6.45) is 1.06. The Bertz CT molecular complexity index is 1360. The molecule has 0 bridgehead atoms. The van der Waals surface area contributed by atoms with E-state index in [2.05, 4.69) is 5.32 Å². The molecule has 0 unspecified atom stereocenters. The van der Waals surface area contributed by atoms with Crippen LogP contribution in [0.4, 0.5) is 10.1 Å². The van der Waals surface area contributed by atoms with E-state index in [-0.39, 0.29) is 29.1 Å². The predicted octanol–water partition coefficient (Wildman–Crippen LogP) is 5.05. The SMILES string of the molecule is CC[C@H](C(=O)N[C@@H](C)CC)N(Cc1ccccc1C)C(=O)CN(c1ccc(F)cc1)S(=O)(=O)c1ccccc1. The van der Waals surface area contributed by atoms with Crippen LogP contribution in [0.1, 0.15) is 44.7 Å². The van der Waals surface area contributed by atoms with Crippen molar-refractivity contribution in [2.45, 2.75) is 64.1 Å². The van der Waals surface area contributed by atoms with Crippen LogP contribution >= 0.6 is 0 Å². The number of carbonyl (C=O) groups is 2. The van der Waals surface area contributed by atoms with Crippen LogP contribution in [0.15, 0.2) is 83.8 Å². The molecule has 0 aliphatic heterocycles. The van der Waals surface area contributed by atoms with E-state index in [1.807, 2.05) is 52.0 Å². The molecule has 1 N–H and O–H groups in total. The van der Waals surface area contributed by atoms with Crippen LogP contribution in [0.2, 0.25) is 0 Å². The number of amides is 2. The van der Waals surface area contributed by atoms with Gasteiger partial charge in [-0.1, -0.05) is 56.3 Å². The molecule has 208 valence electrons. The van der Waals surface area contributed by atoms with E-state index in [9.17, 15) is 22.4 Å². The molecule has 0 heterocycles. The topological polar surface area (TPSA) is 86.8 Å². The summed E-state index contributed by atoms with van der Waals surface area (Å²) in [4.78, 5) is 28.7. The standard InChI is InChI=1S/C30H36FN3O4S/c1-5-23(4)32-30(36)28(6-2)33(20-24-13-11-10-12-22(24)3)29(35)21-34(26-18-16-25(31)17-19-26)39(37,38)27-14-8-7-9-15-27/h7-19,23,28H,5-6,20-21H2,1-4H3,(H,32,36)/t23-,28+/m0/s1. The van der Waals surface area contributed by atoms with E-state index in [0.717, 1.165) is 34.0 Å². The molecule has 3 rings (SSSR count). The Balaban J connectivity index is 2.05. The minimum Gasteiger partial charge on any atom is -0.352 e. The van der Waals surface area contributed by atoms with Crippen molar-refractivity contribution in [3.63, 3.8) is 0 Å². The minimum absolute atomic E-state index is 0.00543. The quantitative estimate of drug-likeness (QED) is 0.340. The van der Waals surface area contributed by atoms with Gasteiger partial charge in [0.25, 0.3) is 10.0 Å². The molecule has 0 spiro atoms. The number of hydrogen-bond donors (Lipinski definition) is 1. The average molecular weight is 554 g/mol. The first-order valence-electron chi connectivity index (χ1n) is 13.1. The zero-order chi connectivity index (χ0) is 28.6. The molecule has 0 radical (unpaired) electrons. The highest BCUT2D eigenvalue weighted by Crippen LogP contribution is 2.25. The number of nitrogens with zero attached hydrogens (tertiary/aromatic N) is 2. The molecule has 2 amide bonds. The fourth-order valence-electron chi connectivity index (χ4n) is 4.19.